The van der Waals surface area contributed by atoms with E-state index in [0.29, 0.717) is 24.2 Å². The molecule has 1 N–H and O–H groups in total. The van der Waals surface area contributed by atoms with E-state index in [4.69, 9.17) is 4.42 Å². The average molecular weight is 338 g/mol. The van der Waals surface area contributed by atoms with Gasteiger partial charge in [-0.1, -0.05) is 6.07 Å². The zero-order chi connectivity index (χ0) is 15.9. The lowest BCUT2D eigenvalue weighted by molar-refractivity contribution is 0.574. The van der Waals surface area contributed by atoms with E-state index in [1.807, 2.05) is 28.1 Å². The molecule has 0 bridgehead atoms. The van der Waals surface area contributed by atoms with Crippen LogP contribution in [-0.2, 0) is 6.54 Å². The summed E-state index contributed by atoms with van der Waals surface area (Å²) in [4.78, 5) is 9.90. The number of aromatic nitrogens is 5. The molecule has 4 aromatic rings. The molecule has 120 valence electrons. The SMILES string of the molecule is c1csc(-c2nc(CNc3nccn4c(C5CC5)nnc34)co2)c1. The fourth-order valence-electron chi connectivity index (χ4n) is 2.66. The van der Waals surface area contributed by atoms with Gasteiger partial charge in [-0.25, -0.2) is 9.97 Å². The second kappa shape index (κ2) is 5.41. The third-order valence-corrected chi connectivity index (χ3v) is 4.87. The summed E-state index contributed by atoms with van der Waals surface area (Å²) in [7, 11) is 0. The van der Waals surface area contributed by atoms with Crippen molar-refractivity contribution in [1.82, 2.24) is 24.6 Å². The van der Waals surface area contributed by atoms with Crippen LogP contribution in [0.3, 0.4) is 0 Å². The van der Waals surface area contributed by atoms with Gasteiger partial charge in [0.05, 0.1) is 17.1 Å². The standard InChI is InChI=1S/C16H14N6OS/c1-2-12(24-7-1)16-19-11(9-23-16)8-18-13-15-21-20-14(10-3-4-10)22(15)6-5-17-13/h1-2,5-7,9-10H,3-4,8H2,(H,17,18). The first-order chi connectivity index (χ1) is 11.9. The Kier molecular flexibility index (Phi) is 3.08. The number of nitrogens with zero attached hydrogens (tertiary/aromatic N) is 5. The van der Waals surface area contributed by atoms with Gasteiger partial charge in [-0.05, 0) is 24.3 Å². The molecule has 0 unspecified atom stereocenters. The van der Waals surface area contributed by atoms with Crippen LogP contribution < -0.4 is 5.32 Å². The van der Waals surface area contributed by atoms with Crippen LogP contribution in [0, 0.1) is 0 Å². The van der Waals surface area contributed by atoms with Crippen molar-refractivity contribution in [3.05, 3.63) is 47.7 Å². The van der Waals surface area contributed by atoms with E-state index in [1.54, 1.807) is 23.8 Å². The Hall–Kier alpha value is -2.74. The van der Waals surface area contributed by atoms with Crippen molar-refractivity contribution in [3.63, 3.8) is 0 Å². The summed E-state index contributed by atoms with van der Waals surface area (Å²) in [6.45, 7) is 0.521. The first kappa shape index (κ1) is 13.7. The van der Waals surface area contributed by atoms with Crippen LogP contribution in [0.25, 0.3) is 16.4 Å². The quantitative estimate of drug-likeness (QED) is 0.601. The van der Waals surface area contributed by atoms with Gasteiger partial charge in [0.2, 0.25) is 11.5 Å². The van der Waals surface area contributed by atoms with Crippen molar-refractivity contribution < 1.29 is 4.42 Å². The lowest BCUT2D eigenvalue weighted by atomic mass is 10.4. The lowest BCUT2D eigenvalue weighted by Crippen LogP contribution is -2.04. The van der Waals surface area contributed by atoms with Crippen molar-refractivity contribution in [1.29, 1.82) is 0 Å². The van der Waals surface area contributed by atoms with Crippen LogP contribution in [0.15, 0.2) is 40.6 Å². The second-order valence-electron chi connectivity index (χ2n) is 5.78. The molecule has 1 saturated carbocycles. The van der Waals surface area contributed by atoms with E-state index in [2.05, 4.69) is 25.5 Å². The lowest BCUT2D eigenvalue weighted by Gasteiger charge is -2.04. The maximum Gasteiger partial charge on any atom is 0.236 e. The molecule has 8 heteroatoms. The molecule has 1 aliphatic rings. The third kappa shape index (κ3) is 2.35. The number of hydrogen-bond donors (Lipinski definition) is 1. The van der Waals surface area contributed by atoms with E-state index in [-0.39, 0.29) is 0 Å². The van der Waals surface area contributed by atoms with Gasteiger partial charge >= 0.3 is 0 Å². The number of hydrogen-bond acceptors (Lipinski definition) is 7. The zero-order valence-corrected chi connectivity index (χ0v) is 13.5. The van der Waals surface area contributed by atoms with Gasteiger partial charge in [-0.2, -0.15) is 0 Å². The highest BCUT2D eigenvalue weighted by atomic mass is 32.1. The van der Waals surface area contributed by atoms with Crippen molar-refractivity contribution in [3.8, 4) is 10.8 Å². The van der Waals surface area contributed by atoms with E-state index < -0.39 is 0 Å². The number of nitrogens with one attached hydrogen (secondary N) is 1. The molecule has 0 saturated heterocycles. The molecular formula is C16H14N6OS. The van der Waals surface area contributed by atoms with Gasteiger partial charge in [-0.15, -0.1) is 21.5 Å². The summed E-state index contributed by atoms with van der Waals surface area (Å²) in [6, 6.07) is 3.97. The molecule has 0 amide bonds. The number of oxazole rings is 1. The highest BCUT2D eigenvalue weighted by molar-refractivity contribution is 7.13. The van der Waals surface area contributed by atoms with E-state index in [9.17, 15) is 0 Å². The average Bonchev–Trinajstić information content (AvgIpc) is 3.06. The molecule has 5 rings (SSSR count). The fraction of sp³-hybridized carbons (Fsp3) is 0.250. The van der Waals surface area contributed by atoms with Gasteiger partial charge in [0.25, 0.3) is 0 Å². The first-order valence-electron chi connectivity index (χ1n) is 7.80. The summed E-state index contributed by atoms with van der Waals surface area (Å²) in [5.74, 6) is 2.92. The van der Waals surface area contributed by atoms with Crippen LogP contribution >= 0.6 is 11.3 Å². The number of anilines is 1. The number of rotatable bonds is 5. The minimum atomic E-state index is 0.521. The van der Waals surface area contributed by atoms with Crippen LogP contribution in [0.1, 0.15) is 30.3 Å². The summed E-state index contributed by atoms with van der Waals surface area (Å²) in [6.07, 6.45) is 7.73. The van der Waals surface area contributed by atoms with Crippen molar-refractivity contribution in [2.24, 2.45) is 0 Å². The molecule has 0 aliphatic heterocycles. The van der Waals surface area contributed by atoms with Gasteiger partial charge in [0.1, 0.15) is 12.1 Å². The highest BCUT2D eigenvalue weighted by Crippen LogP contribution is 2.39. The van der Waals surface area contributed by atoms with E-state index >= 15 is 0 Å². The number of fused-ring (bicyclic) bond motifs is 1. The van der Waals surface area contributed by atoms with Crippen molar-refractivity contribution in [2.75, 3.05) is 5.32 Å². The molecule has 24 heavy (non-hydrogen) atoms. The minimum absolute atomic E-state index is 0.521. The molecule has 0 atom stereocenters. The number of thiophene rings is 1. The predicted molar refractivity (Wildman–Crippen MR) is 89.9 cm³/mol. The maximum atomic E-state index is 5.53. The maximum absolute atomic E-state index is 5.53. The second-order valence-corrected chi connectivity index (χ2v) is 6.72. The van der Waals surface area contributed by atoms with Gasteiger partial charge in [-0.3, -0.25) is 4.40 Å². The Balaban J connectivity index is 1.37. The van der Waals surface area contributed by atoms with Crippen molar-refractivity contribution >= 4 is 22.8 Å². The van der Waals surface area contributed by atoms with Crippen molar-refractivity contribution in [2.45, 2.75) is 25.3 Å². The molecule has 0 radical (unpaired) electrons. The smallest absolute Gasteiger partial charge is 0.236 e. The molecule has 1 fully saturated rings. The molecule has 4 heterocycles. The zero-order valence-electron chi connectivity index (χ0n) is 12.7. The van der Waals surface area contributed by atoms with Gasteiger partial charge in [0, 0.05) is 18.3 Å². The minimum Gasteiger partial charge on any atom is -0.443 e. The van der Waals surface area contributed by atoms with Crippen LogP contribution in [-0.4, -0.2) is 24.6 Å². The van der Waals surface area contributed by atoms with Crippen LogP contribution in [0.5, 0.6) is 0 Å². The van der Waals surface area contributed by atoms with Gasteiger partial charge < -0.3 is 9.73 Å². The Labute approximate surface area is 141 Å². The molecule has 0 spiro atoms. The fourth-order valence-corrected chi connectivity index (χ4v) is 3.32. The van der Waals surface area contributed by atoms with Crippen LogP contribution in [0.2, 0.25) is 0 Å². The monoisotopic (exact) mass is 338 g/mol. The molecular weight excluding hydrogens is 324 g/mol. The molecule has 0 aromatic carbocycles. The third-order valence-electron chi connectivity index (χ3n) is 4.02. The Bertz CT molecular complexity index is 985. The Morgan fingerprint density at radius 1 is 1.33 bits per heavy atom. The molecule has 1 aliphatic carbocycles. The molecule has 7 nitrogen and oxygen atoms in total. The summed E-state index contributed by atoms with van der Waals surface area (Å²) in [5, 5.41) is 13.9. The Morgan fingerprint density at radius 3 is 3.12 bits per heavy atom. The molecule has 4 aromatic heterocycles. The first-order valence-corrected chi connectivity index (χ1v) is 8.68. The van der Waals surface area contributed by atoms with Crippen LogP contribution in [0.4, 0.5) is 5.82 Å². The van der Waals surface area contributed by atoms with E-state index in [1.165, 1.54) is 12.8 Å². The topological polar surface area (TPSA) is 81.1 Å². The van der Waals surface area contributed by atoms with Gasteiger partial charge in [0.15, 0.2) is 5.82 Å². The Morgan fingerprint density at radius 2 is 2.29 bits per heavy atom. The normalized spacial score (nSPS) is 14.3. The predicted octanol–water partition coefficient (Wildman–Crippen LogP) is 3.33. The summed E-state index contributed by atoms with van der Waals surface area (Å²) >= 11 is 1.61. The summed E-state index contributed by atoms with van der Waals surface area (Å²) < 4.78 is 7.56. The largest absolute Gasteiger partial charge is 0.443 e. The van der Waals surface area contributed by atoms with E-state index in [0.717, 1.165) is 22.0 Å². The highest BCUT2D eigenvalue weighted by Gasteiger charge is 2.29. The summed E-state index contributed by atoms with van der Waals surface area (Å²) in [5.41, 5.74) is 1.57.